The summed E-state index contributed by atoms with van der Waals surface area (Å²) in [5.41, 5.74) is 8.03. The molecule has 128 valence electrons. The molecule has 0 bridgehead atoms. The van der Waals surface area contributed by atoms with Gasteiger partial charge in [-0.3, -0.25) is 9.48 Å². The highest BCUT2D eigenvalue weighted by molar-refractivity contribution is 6.35. The molecule has 0 saturated heterocycles. The monoisotopic (exact) mass is 393 g/mol. The molecule has 2 aromatic carbocycles. The van der Waals surface area contributed by atoms with Crippen LogP contribution in [0.1, 0.15) is 29.0 Å². The summed E-state index contributed by atoms with van der Waals surface area (Å²) < 4.78 is 1.72. The Morgan fingerprint density at radius 3 is 2.28 bits per heavy atom. The number of primary amides is 1. The second-order valence-electron chi connectivity index (χ2n) is 5.57. The zero-order valence-corrected chi connectivity index (χ0v) is 15.5. The van der Waals surface area contributed by atoms with Crippen molar-refractivity contribution >= 4 is 40.7 Å². The average molecular weight is 395 g/mol. The van der Waals surface area contributed by atoms with E-state index in [-0.39, 0.29) is 11.7 Å². The number of hydrogen-bond donors (Lipinski definition) is 1. The van der Waals surface area contributed by atoms with Crippen LogP contribution < -0.4 is 5.73 Å². The zero-order valence-electron chi connectivity index (χ0n) is 13.2. The highest BCUT2D eigenvalue weighted by Gasteiger charge is 2.20. The normalized spacial score (nSPS) is 12.2. The molecule has 3 rings (SSSR count). The van der Waals surface area contributed by atoms with Crippen LogP contribution in [0.5, 0.6) is 0 Å². The van der Waals surface area contributed by atoms with Crippen LogP contribution in [0, 0.1) is 0 Å². The van der Waals surface area contributed by atoms with Crippen LogP contribution in [0.3, 0.4) is 0 Å². The lowest BCUT2D eigenvalue weighted by molar-refractivity contribution is 0.0994. The Hall–Kier alpha value is -2.01. The van der Waals surface area contributed by atoms with E-state index >= 15 is 0 Å². The van der Waals surface area contributed by atoms with Crippen molar-refractivity contribution in [3.8, 4) is 11.3 Å². The Bertz CT molecular complexity index is 935. The first-order chi connectivity index (χ1) is 11.9. The lowest BCUT2D eigenvalue weighted by Gasteiger charge is -2.18. The molecule has 0 aliphatic carbocycles. The van der Waals surface area contributed by atoms with Crippen molar-refractivity contribution in [1.29, 1.82) is 0 Å². The smallest absolute Gasteiger partial charge is 0.269 e. The molecule has 7 heteroatoms. The van der Waals surface area contributed by atoms with Crippen LogP contribution in [0.2, 0.25) is 15.1 Å². The van der Waals surface area contributed by atoms with Gasteiger partial charge in [0.05, 0.1) is 11.7 Å². The van der Waals surface area contributed by atoms with Crippen molar-refractivity contribution in [2.75, 3.05) is 0 Å². The molecule has 0 aliphatic rings. The Labute approximate surface area is 160 Å². The molecule has 4 nitrogen and oxygen atoms in total. The van der Waals surface area contributed by atoms with E-state index in [0.29, 0.717) is 15.1 Å². The van der Waals surface area contributed by atoms with E-state index in [4.69, 9.17) is 40.5 Å². The van der Waals surface area contributed by atoms with Crippen molar-refractivity contribution in [2.24, 2.45) is 5.73 Å². The Kier molecular flexibility index (Phi) is 5.04. The predicted molar refractivity (Wildman–Crippen MR) is 101 cm³/mol. The fourth-order valence-corrected chi connectivity index (χ4v) is 3.31. The van der Waals surface area contributed by atoms with Gasteiger partial charge in [-0.15, -0.1) is 0 Å². The first kappa shape index (κ1) is 17.8. The number of nitrogens with two attached hydrogens (primary N) is 1. The van der Waals surface area contributed by atoms with E-state index in [0.717, 1.165) is 16.8 Å². The van der Waals surface area contributed by atoms with Crippen LogP contribution in [0.4, 0.5) is 0 Å². The van der Waals surface area contributed by atoms with Crippen molar-refractivity contribution in [3.05, 3.63) is 74.9 Å². The third-order valence-corrected chi connectivity index (χ3v) is 4.72. The molecular weight excluding hydrogens is 381 g/mol. The van der Waals surface area contributed by atoms with Crippen LogP contribution >= 0.6 is 34.8 Å². The topological polar surface area (TPSA) is 60.9 Å². The summed E-state index contributed by atoms with van der Waals surface area (Å²) in [7, 11) is 0. The minimum atomic E-state index is -0.594. The van der Waals surface area contributed by atoms with E-state index < -0.39 is 5.91 Å². The Balaban J connectivity index is 2.13. The lowest BCUT2D eigenvalue weighted by Crippen LogP contribution is -2.15. The minimum absolute atomic E-state index is 0.182. The quantitative estimate of drug-likeness (QED) is 0.659. The number of halogens is 3. The van der Waals surface area contributed by atoms with Crippen molar-refractivity contribution < 1.29 is 4.79 Å². The average Bonchev–Trinajstić information content (AvgIpc) is 3.00. The summed E-state index contributed by atoms with van der Waals surface area (Å²) in [5.74, 6) is -0.594. The van der Waals surface area contributed by atoms with Crippen LogP contribution in [0.25, 0.3) is 11.3 Å². The highest BCUT2D eigenvalue weighted by Crippen LogP contribution is 2.32. The summed E-state index contributed by atoms with van der Waals surface area (Å²) in [6.45, 7) is 1.94. The minimum Gasteiger partial charge on any atom is -0.364 e. The molecule has 0 aliphatic heterocycles. The lowest BCUT2D eigenvalue weighted by atomic mass is 10.1. The Morgan fingerprint density at radius 2 is 1.68 bits per heavy atom. The largest absolute Gasteiger partial charge is 0.364 e. The Morgan fingerprint density at radius 1 is 1.04 bits per heavy atom. The van der Waals surface area contributed by atoms with E-state index in [1.165, 1.54) is 0 Å². The standard InChI is InChI=1S/C18H14Cl3N3O/c1-10(14-7-6-13(20)8-15(14)21)24-17(9-16(23-24)18(22)25)11-2-4-12(19)5-3-11/h2-10H,1H3,(H2,22,25). The molecule has 0 spiro atoms. The van der Waals surface area contributed by atoms with E-state index in [1.54, 1.807) is 35.0 Å². The number of amides is 1. The maximum absolute atomic E-state index is 11.6. The molecule has 1 atom stereocenters. The van der Waals surface area contributed by atoms with Gasteiger partial charge < -0.3 is 5.73 Å². The summed E-state index contributed by atoms with van der Waals surface area (Å²) in [4.78, 5) is 11.6. The molecule has 1 unspecified atom stereocenters. The molecule has 0 radical (unpaired) electrons. The number of rotatable bonds is 4. The molecule has 1 amide bonds. The van der Waals surface area contributed by atoms with Gasteiger partial charge >= 0.3 is 0 Å². The highest BCUT2D eigenvalue weighted by atomic mass is 35.5. The fraction of sp³-hybridized carbons (Fsp3) is 0.111. The third-order valence-electron chi connectivity index (χ3n) is 3.91. The first-order valence-corrected chi connectivity index (χ1v) is 8.60. The first-order valence-electron chi connectivity index (χ1n) is 7.47. The third kappa shape index (κ3) is 3.66. The maximum atomic E-state index is 11.6. The second kappa shape index (κ2) is 7.08. The zero-order chi connectivity index (χ0) is 18.1. The second-order valence-corrected chi connectivity index (χ2v) is 6.85. The summed E-state index contributed by atoms with van der Waals surface area (Å²) >= 11 is 18.3. The SMILES string of the molecule is CC(c1ccc(Cl)cc1Cl)n1nc(C(N)=O)cc1-c1ccc(Cl)cc1. The number of benzene rings is 2. The van der Waals surface area contributed by atoms with Gasteiger partial charge in [-0.05, 0) is 48.4 Å². The van der Waals surface area contributed by atoms with Crippen molar-refractivity contribution in [3.63, 3.8) is 0 Å². The number of carbonyl (C=O) groups is 1. The van der Waals surface area contributed by atoms with Gasteiger partial charge in [0.2, 0.25) is 0 Å². The van der Waals surface area contributed by atoms with Gasteiger partial charge in [0.25, 0.3) is 5.91 Å². The van der Waals surface area contributed by atoms with Gasteiger partial charge in [0.1, 0.15) is 0 Å². The number of nitrogens with zero attached hydrogens (tertiary/aromatic N) is 2. The van der Waals surface area contributed by atoms with Crippen LogP contribution in [0.15, 0.2) is 48.5 Å². The molecule has 1 heterocycles. The van der Waals surface area contributed by atoms with Crippen LogP contribution in [-0.2, 0) is 0 Å². The van der Waals surface area contributed by atoms with E-state index in [2.05, 4.69) is 5.10 Å². The molecular formula is C18H14Cl3N3O. The number of carbonyl (C=O) groups excluding carboxylic acids is 1. The summed E-state index contributed by atoms with van der Waals surface area (Å²) in [5, 5.41) is 6.07. The van der Waals surface area contributed by atoms with Crippen LogP contribution in [-0.4, -0.2) is 15.7 Å². The number of hydrogen-bond acceptors (Lipinski definition) is 2. The maximum Gasteiger partial charge on any atom is 0.269 e. The molecule has 3 aromatic rings. The van der Waals surface area contributed by atoms with Crippen molar-refractivity contribution in [2.45, 2.75) is 13.0 Å². The van der Waals surface area contributed by atoms with Gasteiger partial charge in [-0.1, -0.05) is 53.0 Å². The molecule has 2 N–H and O–H groups in total. The van der Waals surface area contributed by atoms with Gasteiger partial charge in [0.15, 0.2) is 5.69 Å². The number of aromatic nitrogens is 2. The van der Waals surface area contributed by atoms with Gasteiger partial charge in [-0.25, -0.2) is 0 Å². The predicted octanol–water partition coefficient (Wildman–Crippen LogP) is 5.22. The van der Waals surface area contributed by atoms with Gasteiger partial charge in [0, 0.05) is 15.1 Å². The molecule has 25 heavy (non-hydrogen) atoms. The van der Waals surface area contributed by atoms with Crippen molar-refractivity contribution in [1.82, 2.24) is 9.78 Å². The summed E-state index contributed by atoms with van der Waals surface area (Å²) in [6.07, 6.45) is 0. The summed E-state index contributed by atoms with van der Waals surface area (Å²) in [6, 6.07) is 14.0. The fourth-order valence-electron chi connectivity index (χ4n) is 2.62. The van der Waals surface area contributed by atoms with Gasteiger partial charge in [-0.2, -0.15) is 5.10 Å². The molecule has 0 saturated carbocycles. The van der Waals surface area contributed by atoms with E-state index in [9.17, 15) is 4.79 Å². The molecule has 1 aromatic heterocycles. The molecule has 0 fully saturated rings. The van der Waals surface area contributed by atoms with E-state index in [1.807, 2.05) is 25.1 Å².